The number of thiophene rings is 1. The highest BCUT2D eigenvalue weighted by atomic mass is 32.1. The SMILES string of the molecule is CCCC(=O)Nc1cccc(CN=C(NCC)NCCc2cccs2)c1. The monoisotopic (exact) mass is 372 g/mol. The summed E-state index contributed by atoms with van der Waals surface area (Å²) in [6, 6.07) is 12.1. The Bertz CT molecular complexity index is 698. The molecule has 1 heterocycles. The van der Waals surface area contributed by atoms with Crippen molar-refractivity contribution in [3.63, 3.8) is 0 Å². The van der Waals surface area contributed by atoms with Crippen LogP contribution in [-0.4, -0.2) is 25.0 Å². The molecule has 0 fully saturated rings. The van der Waals surface area contributed by atoms with Gasteiger partial charge in [-0.2, -0.15) is 0 Å². The number of rotatable bonds is 9. The predicted molar refractivity (Wildman–Crippen MR) is 111 cm³/mol. The number of anilines is 1. The molecule has 5 nitrogen and oxygen atoms in total. The average Bonchev–Trinajstić information content (AvgIpc) is 3.13. The third-order valence-electron chi connectivity index (χ3n) is 3.70. The lowest BCUT2D eigenvalue weighted by Gasteiger charge is -2.11. The summed E-state index contributed by atoms with van der Waals surface area (Å²) >= 11 is 1.77. The quantitative estimate of drug-likeness (QED) is 0.463. The van der Waals surface area contributed by atoms with Crippen molar-refractivity contribution in [3.8, 4) is 0 Å². The van der Waals surface area contributed by atoms with Crippen LogP contribution in [-0.2, 0) is 17.8 Å². The number of hydrogen-bond donors (Lipinski definition) is 3. The van der Waals surface area contributed by atoms with E-state index in [0.717, 1.165) is 43.1 Å². The zero-order valence-electron chi connectivity index (χ0n) is 15.5. The van der Waals surface area contributed by atoms with Gasteiger partial charge in [0.2, 0.25) is 5.91 Å². The second-order valence-corrected chi connectivity index (χ2v) is 6.98. The molecule has 2 rings (SSSR count). The van der Waals surface area contributed by atoms with Crippen LogP contribution < -0.4 is 16.0 Å². The first-order valence-corrected chi connectivity index (χ1v) is 10.0. The summed E-state index contributed by atoms with van der Waals surface area (Å²) in [4.78, 5) is 17.7. The Morgan fingerprint density at radius 1 is 1.15 bits per heavy atom. The van der Waals surface area contributed by atoms with Crippen molar-refractivity contribution in [2.75, 3.05) is 18.4 Å². The molecule has 0 spiro atoms. The Labute approximate surface area is 159 Å². The predicted octanol–water partition coefficient (Wildman–Crippen LogP) is 3.78. The van der Waals surface area contributed by atoms with Crippen molar-refractivity contribution < 1.29 is 4.79 Å². The second kappa shape index (κ2) is 11.3. The summed E-state index contributed by atoms with van der Waals surface area (Å²) < 4.78 is 0. The molecule has 1 amide bonds. The van der Waals surface area contributed by atoms with Crippen LogP contribution in [0.2, 0.25) is 0 Å². The third kappa shape index (κ3) is 7.27. The van der Waals surface area contributed by atoms with Gasteiger partial charge in [0, 0.05) is 30.1 Å². The molecule has 140 valence electrons. The molecule has 2 aromatic rings. The summed E-state index contributed by atoms with van der Waals surface area (Å²) in [6.45, 7) is 6.28. The van der Waals surface area contributed by atoms with Crippen molar-refractivity contribution in [1.82, 2.24) is 10.6 Å². The van der Waals surface area contributed by atoms with E-state index in [1.54, 1.807) is 11.3 Å². The van der Waals surface area contributed by atoms with Gasteiger partial charge < -0.3 is 16.0 Å². The van der Waals surface area contributed by atoms with Gasteiger partial charge in [0.05, 0.1) is 6.54 Å². The van der Waals surface area contributed by atoms with Crippen LogP contribution in [0.1, 0.15) is 37.1 Å². The highest BCUT2D eigenvalue weighted by Gasteiger charge is 2.02. The van der Waals surface area contributed by atoms with Crippen LogP contribution in [0, 0.1) is 0 Å². The highest BCUT2D eigenvalue weighted by molar-refractivity contribution is 7.09. The van der Waals surface area contributed by atoms with Crippen LogP contribution in [0.25, 0.3) is 0 Å². The second-order valence-electron chi connectivity index (χ2n) is 5.95. The Morgan fingerprint density at radius 2 is 2.04 bits per heavy atom. The standard InChI is InChI=1S/C20H28N4OS/c1-3-7-19(25)24-17-9-5-8-16(14-17)15-23-20(21-4-2)22-12-11-18-10-6-13-26-18/h5-6,8-10,13-14H,3-4,7,11-12,15H2,1-2H3,(H,24,25)(H2,21,22,23). The zero-order valence-corrected chi connectivity index (χ0v) is 16.4. The summed E-state index contributed by atoms with van der Waals surface area (Å²) in [5, 5.41) is 11.7. The summed E-state index contributed by atoms with van der Waals surface area (Å²) in [5.74, 6) is 0.862. The molecule has 1 aromatic heterocycles. The van der Waals surface area contributed by atoms with E-state index in [1.807, 2.05) is 31.2 Å². The maximum Gasteiger partial charge on any atom is 0.224 e. The smallest absolute Gasteiger partial charge is 0.224 e. The lowest BCUT2D eigenvalue weighted by atomic mass is 10.2. The van der Waals surface area contributed by atoms with E-state index in [4.69, 9.17) is 0 Å². The number of nitrogens with zero attached hydrogens (tertiary/aromatic N) is 1. The molecule has 0 unspecified atom stereocenters. The van der Waals surface area contributed by atoms with Gasteiger partial charge in [-0.05, 0) is 48.9 Å². The van der Waals surface area contributed by atoms with Crippen molar-refractivity contribution in [3.05, 3.63) is 52.2 Å². The molecule has 3 N–H and O–H groups in total. The van der Waals surface area contributed by atoms with Crippen molar-refractivity contribution in [1.29, 1.82) is 0 Å². The highest BCUT2D eigenvalue weighted by Crippen LogP contribution is 2.12. The van der Waals surface area contributed by atoms with Gasteiger partial charge in [0.1, 0.15) is 0 Å². The Morgan fingerprint density at radius 3 is 2.77 bits per heavy atom. The van der Waals surface area contributed by atoms with E-state index >= 15 is 0 Å². The minimum Gasteiger partial charge on any atom is -0.357 e. The van der Waals surface area contributed by atoms with Crippen molar-refractivity contribution in [2.45, 2.75) is 39.7 Å². The molecule has 6 heteroatoms. The molecule has 0 aliphatic carbocycles. The van der Waals surface area contributed by atoms with E-state index in [2.05, 4.69) is 45.4 Å². The minimum absolute atomic E-state index is 0.0525. The number of amides is 1. The molecule has 0 radical (unpaired) electrons. The molecular formula is C20H28N4OS. The fourth-order valence-corrected chi connectivity index (χ4v) is 3.18. The molecule has 0 atom stereocenters. The summed E-state index contributed by atoms with van der Waals surface area (Å²) in [7, 11) is 0. The van der Waals surface area contributed by atoms with Crippen LogP contribution in [0.5, 0.6) is 0 Å². The van der Waals surface area contributed by atoms with Gasteiger partial charge in [-0.15, -0.1) is 11.3 Å². The van der Waals surface area contributed by atoms with Gasteiger partial charge in [0.15, 0.2) is 5.96 Å². The van der Waals surface area contributed by atoms with Crippen molar-refractivity contribution >= 4 is 28.9 Å². The number of carbonyl (C=O) groups is 1. The maximum atomic E-state index is 11.7. The van der Waals surface area contributed by atoms with E-state index in [1.165, 1.54) is 4.88 Å². The Hall–Kier alpha value is -2.34. The number of guanidine groups is 1. The minimum atomic E-state index is 0.0525. The third-order valence-corrected chi connectivity index (χ3v) is 4.63. The molecule has 1 aromatic carbocycles. The fraction of sp³-hybridized carbons (Fsp3) is 0.400. The van der Waals surface area contributed by atoms with Crippen molar-refractivity contribution in [2.24, 2.45) is 4.99 Å². The Kier molecular flexibility index (Phi) is 8.69. The number of carbonyl (C=O) groups excluding carboxylic acids is 1. The topological polar surface area (TPSA) is 65.5 Å². The first kappa shape index (κ1) is 20.0. The van der Waals surface area contributed by atoms with E-state index in [-0.39, 0.29) is 5.91 Å². The molecule has 0 bridgehead atoms. The van der Waals surface area contributed by atoms with Gasteiger partial charge in [-0.1, -0.05) is 25.1 Å². The number of hydrogen-bond acceptors (Lipinski definition) is 3. The van der Waals surface area contributed by atoms with E-state index in [9.17, 15) is 4.79 Å². The van der Waals surface area contributed by atoms with Gasteiger partial charge in [-0.25, -0.2) is 4.99 Å². The first-order chi connectivity index (χ1) is 12.7. The van der Waals surface area contributed by atoms with Gasteiger partial charge in [0.25, 0.3) is 0 Å². The summed E-state index contributed by atoms with van der Waals surface area (Å²) in [6.07, 6.45) is 2.38. The maximum absolute atomic E-state index is 11.7. The van der Waals surface area contributed by atoms with Crippen LogP contribution >= 0.6 is 11.3 Å². The molecular weight excluding hydrogens is 344 g/mol. The molecule has 0 aliphatic rings. The number of benzene rings is 1. The lowest BCUT2D eigenvalue weighted by Crippen LogP contribution is -2.38. The fourth-order valence-electron chi connectivity index (χ4n) is 2.47. The van der Waals surface area contributed by atoms with Crippen LogP contribution in [0.4, 0.5) is 5.69 Å². The normalized spacial score (nSPS) is 11.2. The van der Waals surface area contributed by atoms with E-state index < -0.39 is 0 Å². The van der Waals surface area contributed by atoms with E-state index in [0.29, 0.717) is 13.0 Å². The molecule has 26 heavy (non-hydrogen) atoms. The molecule has 0 aliphatic heterocycles. The Balaban J connectivity index is 1.89. The van der Waals surface area contributed by atoms with Gasteiger partial charge >= 0.3 is 0 Å². The number of aliphatic imine (C=N–C) groups is 1. The van der Waals surface area contributed by atoms with Gasteiger partial charge in [-0.3, -0.25) is 4.79 Å². The van der Waals surface area contributed by atoms with Crippen LogP contribution in [0.3, 0.4) is 0 Å². The number of nitrogens with one attached hydrogen (secondary N) is 3. The first-order valence-electron chi connectivity index (χ1n) is 9.14. The molecule has 0 saturated carbocycles. The average molecular weight is 373 g/mol. The molecule has 0 saturated heterocycles. The summed E-state index contributed by atoms with van der Waals surface area (Å²) in [5.41, 5.74) is 1.89. The largest absolute Gasteiger partial charge is 0.357 e. The lowest BCUT2D eigenvalue weighted by molar-refractivity contribution is -0.116. The van der Waals surface area contributed by atoms with Crippen LogP contribution in [0.15, 0.2) is 46.8 Å². The zero-order chi connectivity index (χ0) is 18.6.